The SMILES string of the molecule is Cc1cc(-n2ccnc2C#N)ccc1CNC(C)C. The van der Waals surface area contributed by atoms with Crippen LogP contribution in [0.25, 0.3) is 5.69 Å². The lowest BCUT2D eigenvalue weighted by atomic mass is 10.1. The molecule has 1 heterocycles. The van der Waals surface area contributed by atoms with E-state index in [4.69, 9.17) is 5.26 Å². The van der Waals surface area contributed by atoms with Crippen LogP contribution >= 0.6 is 0 Å². The molecule has 19 heavy (non-hydrogen) atoms. The van der Waals surface area contributed by atoms with Crippen molar-refractivity contribution in [3.8, 4) is 11.8 Å². The number of aryl methyl sites for hydroxylation is 1. The van der Waals surface area contributed by atoms with Crippen LogP contribution < -0.4 is 5.32 Å². The summed E-state index contributed by atoms with van der Waals surface area (Å²) in [6.07, 6.45) is 3.45. The van der Waals surface area contributed by atoms with E-state index in [1.165, 1.54) is 11.1 Å². The lowest BCUT2D eigenvalue weighted by molar-refractivity contribution is 0.587. The zero-order chi connectivity index (χ0) is 13.8. The first-order valence-corrected chi connectivity index (χ1v) is 6.38. The molecule has 0 bridgehead atoms. The molecular weight excluding hydrogens is 236 g/mol. The highest BCUT2D eigenvalue weighted by atomic mass is 15.1. The lowest BCUT2D eigenvalue weighted by Crippen LogP contribution is -2.22. The summed E-state index contributed by atoms with van der Waals surface area (Å²) in [4.78, 5) is 4.01. The van der Waals surface area contributed by atoms with E-state index in [1.54, 1.807) is 17.0 Å². The summed E-state index contributed by atoms with van der Waals surface area (Å²) in [5.74, 6) is 0.410. The quantitative estimate of drug-likeness (QED) is 0.912. The Kier molecular flexibility index (Phi) is 3.98. The topological polar surface area (TPSA) is 53.6 Å². The Balaban J connectivity index is 2.27. The average Bonchev–Trinajstić information content (AvgIpc) is 2.85. The highest BCUT2D eigenvalue weighted by Crippen LogP contribution is 2.16. The number of hydrogen-bond acceptors (Lipinski definition) is 3. The summed E-state index contributed by atoms with van der Waals surface area (Å²) < 4.78 is 1.80. The predicted octanol–water partition coefficient (Wildman–Crippen LogP) is 2.55. The Bertz CT molecular complexity index is 605. The van der Waals surface area contributed by atoms with Gasteiger partial charge in [0.25, 0.3) is 0 Å². The minimum Gasteiger partial charge on any atom is -0.310 e. The van der Waals surface area contributed by atoms with E-state index < -0.39 is 0 Å². The van der Waals surface area contributed by atoms with Crippen molar-refractivity contribution < 1.29 is 0 Å². The average molecular weight is 254 g/mol. The van der Waals surface area contributed by atoms with Crippen molar-refractivity contribution >= 4 is 0 Å². The van der Waals surface area contributed by atoms with Gasteiger partial charge >= 0.3 is 0 Å². The maximum absolute atomic E-state index is 8.99. The van der Waals surface area contributed by atoms with Gasteiger partial charge < -0.3 is 5.32 Å². The van der Waals surface area contributed by atoms with Gasteiger partial charge in [0.2, 0.25) is 5.82 Å². The van der Waals surface area contributed by atoms with E-state index in [1.807, 2.05) is 6.07 Å². The third-order valence-electron chi connectivity index (χ3n) is 3.05. The molecule has 0 saturated heterocycles. The van der Waals surface area contributed by atoms with Crippen LogP contribution in [0.4, 0.5) is 0 Å². The fourth-order valence-corrected chi connectivity index (χ4v) is 1.94. The number of nitriles is 1. The van der Waals surface area contributed by atoms with Gasteiger partial charge in [-0.05, 0) is 30.2 Å². The van der Waals surface area contributed by atoms with Crippen LogP contribution in [0, 0.1) is 18.3 Å². The second-order valence-corrected chi connectivity index (χ2v) is 4.88. The van der Waals surface area contributed by atoms with Crippen molar-refractivity contribution in [2.75, 3.05) is 0 Å². The standard InChI is InChI=1S/C15H18N4/c1-11(2)18-10-13-4-5-14(8-12(13)3)19-7-6-17-15(19)9-16/h4-8,11,18H,10H2,1-3H3. The van der Waals surface area contributed by atoms with E-state index in [-0.39, 0.29) is 0 Å². The van der Waals surface area contributed by atoms with Crippen LogP contribution in [0.5, 0.6) is 0 Å². The van der Waals surface area contributed by atoms with Crippen molar-refractivity contribution in [3.63, 3.8) is 0 Å². The number of rotatable bonds is 4. The third kappa shape index (κ3) is 3.01. The third-order valence-corrected chi connectivity index (χ3v) is 3.05. The van der Waals surface area contributed by atoms with Crippen molar-refractivity contribution in [1.82, 2.24) is 14.9 Å². The lowest BCUT2D eigenvalue weighted by Gasteiger charge is -2.12. The van der Waals surface area contributed by atoms with Crippen LogP contribution in [-0.2, 0) is 6.54 Å². The number of benzene rings is 1. The van der Waals surface area contributed by atoms with Crippen LogP contribution in [0.1, 0.15) is 30.8 Å². The molecule has 0 spiro atoms. The summed E-state index contributed by atoms with van der Waals surface area (Å²) in [6, 6.07) is 8.76. The molecule has 2 rings (SSSR count). The summed E-state index contributed by atoms with van der Waals surface area (Å²) in [5.41, 5.74) is 3.46. The Morgan fingerprint density at radius 2 is 2.21 bits per heavy atom. The molecular formula is C15H18N4. The summed E-state index contributed by atoms with van der Waals surface area (Å²) in [5, 5.41) is 12.4. The second-order valence-electron chi connectivity index (χ2n) is 4.88. The largest absolute Gasteiger partial charge is 0.310 e. The van der Waals surface area contributed by atoms with E-state index in [0.717, 1.165) is 12.2 Å². The normalized spacial score (nSPS) is 10.7. The molecule has 0 aliphatic rings. The van der Waals surface area contributed by atoms with E-state index >= 15 is 0 Å². The first-order valence-electron chi connectivity index (χ1n) is 6.38. The smallest absolute Gasteiger partial charge is 0.217 e. The molecule has 1 aromatic carbocycles. The van der Waals surface area contributed by atoms with E-state index in [9.17, 15) is 0 Å². The van der Waals surface area contributed by atoms with Crippen LogP contribution in [-0.4, -0.2) is 15.6 Å². The van der Waals surface area contributed by atoms with Gasteiger partial charge in [-0.2, -0.15) is 5.26 Å². The maximum Gasteiger partial charge on any atom is 0.217 e. The summed E-state index contributed by atoms with van der Waals surface area (Å²) in [6.45, 7) is 7.21. The molecule has 0 amide bonds. The maximum atomic E-state index is 8.99. The van der Waals surface area contributed by atoms with Crippen LogP contribution in [0.3, 0.4) is 0 Å². The van der Waals surface area contributed by atoms with Crippen LogP contribution in [0.2, 0.25) is 0 Å². The van der Waals surface area contributed by atoms with Crippen molar-refractivity contribution in [2.24, 2.45) is 0 Å². The minimum atomic E-state index is 0.410. The van der Waals surface area contributed by atoms with Gasteiger partial charge in [0.1, 0.15) is 6.07 Å². The van der Waals surface area contributed by atoms with Gasteiger partial charge in [-0.1, -0.05) is 19.9 Å². The molecule has 2 aromatic rings. The zero-order valence-electron chi connectivity index (χ0n) is 11.5. The number of hydrogen-bond donors (Lipinski definition) is 1. The van der Waals surface area contributed by atoms with Crippen molar-refractivity contribution in [3.05, 3.63) is 47.5 Å². The van der Waals surface area contributed by atoms with Gasteiger partial charge in [-0.3, -0.25) is 4.57 Å². The molecule has 1 N–H and O–H groups in total. The van der Waals surface area contributed by atoms with Crippen molar-refractivity contribution in [2.45, 2.75) is 33.4 Å². The summed E-state index contributed by atoms with van der Waals surface area (Å²) >= 11 is 0. The minimum absolute atomic E-state index is 0.410. The molecule has 1 aromatic heterocycles. The number of aromatic nitrogens is 2. The number of imidazole rings is 1. The molecule has 0 fully saturated rings. The van der Waals surface area contributed by atoms with Gasteiger partial charge in [-0.15, -0.1) is 0 Å². The molecule has 0 aliphatic carbocycles. The molecule has 0 radical (unpaired) electrons. The molecule has 0 saturated carbocycles. The Hall–Kier alpha value is -2.12. The molecule has 4 heteroatoms. The van der Waals surface area contributed by atoms with Gasteiger partial charge in [0.05, 0.1) is 0 Å². The van der Waals surface area contributed by atoms with Gasteiger partial charge in [-0.25, -0.2) is 4.98 Å². The fourth-order valence-electron chi connectivity index (χ4n) is 1.94. The molecule has 0 aliphatic heterocycles. The molecule has 98 valence electrons. The molecule has 4 nitrogen and oxygen atoms in total. The Morgan fingerprint density at radius 3 is 2.84 bits per heavy atom. The van der Waals surface area contributed by atoms with E-state index in [2.05, 4.69) is 49.3 Å². The molecule has 0 unspecified atom stereocenters. The van der Waals surface area contributed by atoms with Crippen LogP contribution in [0.15, 0.2) is 30.6 Å². The van der Waals surface area contributed by atoms with E-state index in [0.29, 0.717) is 11.9 Å². The first-order chi connectivity index (χ1) is 9.11. The number of nitrogens with zero attached hydrogens (tertiary/aromatic N) is 3. The number of nitrogens with one attached hydrogen (secondary N) is 1. The summed E-state index contributed by atoms with van der Waals surface area (Å²) in [7, 11) is 0. The molecule has 0 atom stereocenters. The first kappa shape index (κ1) is 13.3. The highest BCUT2D eigenvalue weighted by Gasteiger charge is 2.06. The second kappa shape index (κ2) is 5.68. The van der Waals surface area contributed by atoms with Crippen molar-refractivity contribution in [1.29, 1.82) is 5.26 Å². The van der Waals surface area contributed by atoms with Gasteiger partial charge in [0.15, 0.2) is 0 Å². The Labute approximate surface area is 113 Å². The predicted molar refractivity (Wildman–Crippen MR) is 75.0 cm³/mol. The Morgan fingerprint density at radius 1 is 1.42 bits per heavy atom. The zero-order valence-corrected chi connectivity index (χ0v) is 11.5. The highest BCUT2D eigenvalue weighted by molar-refractivity contribution is 5.42. The monoisotopic (exact) mass is 254 g/mol. The fraction of sp³-hybridized carbons (Fsp3) is 0.333. The van der Waals surface area contributed by atoms with Gasteiger partial charge in [0, 0.05) is 30.7 Å².